The van der Waals surface area contributed by atoms with Crippen LogP contribution in [0.25, 0.3) is 6.08 Å². The predicted octanol–water partition coefficient (Wildman–Crippen LogP) is 4.88. The van der Waals surface area contributed by atoms with Crippen molar-refractivity contribution >= 4 is 29.4 Å². The van der Waals surface area contributed by atoms with E-state index in [4.69, 9.17) is 21.1 Å². The van der Waals surface area contributed by atoms with Crippen LogP contribution in [0.4, 0.5) is 0 Å². The van der Waals surface area contributed by atoms with Gasteiger partial charge in [0, 0.05) is 23.5 Å². The molecule has 0 saturated heterocycles. The van der Waals surface area contributed by atoms with Crippen LogP contribution in [-0.4, -0.2) is 16.7 Å². The van der Waals surface area contributed by atoms with Crippen LogP contribution >= 0.6 is 11.6 Å². The van der Waals surface area contributed by atoms with Gasteiger partial charge < -0.3 is 9.47 Å². The topological polar surface area (TPSA) is 65.5 Å². The number of carbonyl (C=O) groups excluding carboxylic acids is 2. The van der Waals surface area contributed by atoms with Crippen molar-refractivity contribution in [3.8, 4) is 11.5 Å². The van der Waals surface area contributed by atoms with Gasteiger partial charge in [0.25, 0.3) is 0 Å². The number of benzene rings is 2. The molecule has 0 fully saturated rings. The fraction of sp³-hybridized carbons (Fsp3) is 0.0455. The molecule has 0 spiro atoms. The van der Waals surface area contributed by atoms with Crippen LogP contribution in [0.2, 0.25) is 5.02 Å². The van der Waals surface area contributed by atoms with E-state index in [2.05, 4.69) is 4.98 Å². The van der Waals surface area contributed by atoms with Gasteiger partial charge in [0.2, 0.25) is 5.78 Å². The van der Waals surface area contributed by atoms with Gasteiger partial charge in [0.15, 0.2) is 5.76 Å². The number of pyridine rings is 1. The Morgan fingerprint density at radius 3 is 2.54 bits per heavy atom. The first-order valence-corrected chi connectivity index (χ1v) is 8.86. The molecule has 0 radical (unpaired) electrons. The zero-order valence-corrected chi connectivity index (χ0v) is 15.6. The highest BCUT2D eigenvalue weighted by molar-refractivity contribution is 6.30. The Labute approximate surface area is 166 Å². The van der Waals surface area contributed by atoms with E-state index in [-0.39, 0.29) is 11.5 Å². The molecule has 5 nitrogen and oxygen atoms in total. The molecule has 1 aliphatic rings. The fourth-order valence-corrected chi connectivity index (χ4v) is 3.03. The summed E-state index contributed by atoms with van der Waals surface area (Å²) in [7, 11) is 0. The van der Waals surface area contributed by atoms with Crippen LogP contribution in [0.1, 0.15) is 31.8 Å². The molecule has 1 aliphatic heterocycles. The molecular formula is C22H14ClNO4. The van der Waals surface area contributed by atoms with Crippen LogP contribution in [0.5, 0.6) is 11.5 Å². The number of hydrogen-bond donors (Lipinski definition) is 0. The number of aryl methyl sites for hydroxylation is 1. The Bertz CT molecular complexity index is 1110. The second kappa shape index (κ2) is 7.29. The first-order chi connectivity index (χ1) is 13.5. The van der Waals surface area contributed by atoms with Crippen molar-refractivity contribution < 1.29 is 19.1 Å². The average Bonchev–Trinajstić information content (AvgIpc) is 2.99. The highest BCUT2D eigenvalue weighted by atomic mass is 35.5. The standard InChI is InChI=1S/C22H14ClNO4/c1-13-10-17(27-22(26)15-2-4-16(23)5-3-15)12-18-20(13)21(25)19(28-18)11-14-6-8-24-9-7-14/h2-12H,1H3/b19-11-. The maximum atomic E-state index is 12.7. The summed E-state index contributed by atoms with van der Waals surface area (Å²) in [5.41, 5.74) is 2.31. The monoisotopic (exact) mass is 391 g/mol. The highest BCUT2D eigenvalue weighted by Crippen LogP contribution is 2.37. The molecule has 3 aromatic rings. The summed E-state index contributed by atoms with van der Waals surface area (Å²) in [6.45, 7) is 1.77. The molecule has 0 bridgehead atoms. The maximum Gasteiger partial charge on any atom is 0.343 e. The largest absolute Gasteiger partial charge is 0.452 e. The molecule has 0 unspecified atom stereocenters. The van der Waals surface area contributed by atoms with Crippen LogP contribution in [0, 0.1) is 6.92 Å². The highest BCUT2D eigenvalue weighted by Gasteiger charge is 2.30. The number of nitrogens with zero attached hydrogens (tertiary/aromatic N) is 1. The molecule has 0 aliphatic carbocycles. The molecule has 1 aromatic heterocycles. The molecule has 0 amide bonds. The first-order valence-electron chi connectivity index (χ1n) is 8.48. The van der Waals surface area contributed by atoms with Gasteiger partial charge in [-0.2, -0.15) is 0 Å². The third kappa shape index (κ3) is 3.52. The second-order valence-corrected chi connectivity index (χ2v) is 6.67. The summed E-state index contributed by atoms with van der Waals surface area (Å²) < 4.78 is 11.2. The molecular weight excluding hydrogens is 378 g/mol. The van der Waals surface area contributed by atoms with Gasteiger partial charge in [-0.15, -0.1) is 0 Å². The van der Waals surface area contributed by atoms with E-state index in [0.717, 1.165) is 5.56 Å². The molecule has 6 heteroatoms. The minimum Gasteiger partial charge on any atom is -0.452 e. The summed E-state index contributed by atoms with van der Waals surface area (Å²) >= 11 is 5.84. The number of rotatable bonds is 3. The van der Waals surface area contributed by atoms with E-state index in [0.29, 0.717) is 33.2 Å². The smallest absolute Gasteiger partial charge is 0.343 e. The molecule has 2 aromatic carbocycles. The normalized spacial score (nSPS) is 13.9. The minimum absolute atomic E-state index is 0.208. The van der Waals surface area contributed by atoms with Crippen LogP contribution < -0.4 is 9.47 Å². The van der Waals surface area contributed by atoms with E-state index in [1.165, 1.54) is 0 Å². The van der Waals surface area contributed by atoms with Crippen molar-refractivity contribution in [3.05, 3.63) is 94.0 Å². The third-order valence-corrected chi connectivity index (χ3v) is 4.49. The Balaban J connectivity index is 1.60. The van der Waals surface area contributed by atoms with Crippen LogP contribution in [0.3, 0.4) is 0 Å². The molecule has 2 heterocycles. The average molecular weight is 392 g/mol. The number of Topliss-reactive ketones (excluding diaryl/α,β-unsaturated/α-hetero) is 1. The van der Waals surface area contributed by atoms with E-state index in [9.17, 15) is 9.59 Å². The molecule has 0 N–H and O–H groups in total. The molecule has 4 rings (SSSR count). The van der Waals surface area contributed by atoms with Gasteiger partial charge in [-0.1, -0.05) is 11.6 Å². The zero-order valence-electron chi connectivity index (χ0n) is 14.8. The number of esters is 1. The molecule has 28 heavy (non-hydrogen) atoms. The van der Waals surface area contributed by atoms with Crippen molar-refractivity contribution in [2.24, 2.45) is 0 Å². The van der Waals surface area contributed by atoms with Crippen molar-refractivity contribution in [1.82, 2.24) is 4.98 Å². The van der Waals surface area contributed by atoms with Crippen LogP contribution in [-0.2, 0) is 0 Å². The Hall–Kier alpha value is -3.44. The minimum atomic E-state index is -0.520. The number of allylic oxidation sites excluding steroid dienone is 1. The lowest BCUT2D eigenvalue weighted by molar-refractivity contribution is 0.0734. The summed E-state index contributed by atoms with van der Waals surface area (Å²) in [5.74, 6) is 0.150. The van der Waals surface area contributed by atoms with Crippen molar-refractivity contribution in [1.29, 1.82) is 0 Å². The van der Waals surface area contributed by atoms with E-state index >= 15 is 0 Å². The summed E-state index contributed by atoms with van der Waals surface area (Å²) in [4.78, 5) is 28.9. The Kier molecular flexibility index (Phi) is 4.67. The SMILES string of the molecule is Cc1cc(OC(=O)c2ccc(Cl)cc2)cc2c1C(=O)/C(=C/c1ccncc1)O2. The first kappa shape index (κ1) is 17.9. The van der Waals surface area contributed by atoms with E-state index in [1.807, 2.05) is 0 Å². The molecule has 138 valence electrons. The zero-order chi connectivity index (χ0) is 19.7. The number of fused-ring (bicyclic) bond motifs is 1. The molecule has 0 atom stereocenters. The second-order valence-electron chi connectivity index (χ2n) is 6.23. The van der Waals surface area contributed by atoms with Crippen molar-refractivity contribution in [2.75, 3.05) is 0 Å². The lowest BCUT2D eigenvalue weighted by atomic mass is 10.0. The number of aromatic nitrogens is 1. The number of carbonyl (C=O) groups is 2. The number of ketones is 1. The number of halogens is 1. The van der Waals surface area contributed by atoms with Crippen LogP contribution in [0.15, 0.2) is 66.7 Å². The number of ether oxygens (including phenoxy) is 2. The fourth-order valence-electron chi connectivity index (χ4n) is 2.90. The maximum absolute atomic E-state index is 12.7. The number of hydrogen-bond acceptors (Lipinski definition) is 5. The Morgan fingerprint density at radius 1 is 1.11 bits per heavy atom. The van der Waals surface area contributed by atoms with Gasteiger partial charge >= 0.3 is 5.97 Å². The van der Waals surface area contributed by atoms with E-state index < -0.39 is 5.97 Å². The van der Waals surface area contributed by atoms with Gasteiger partial charge in [-0.05, 0) is 66.6 Å². The van der Waals surface area contributed by atoms with Crippen molar-refractivity contribution in [2.45, 2.75) is 6.92 Å². The van der Waals surface area contributed by atoms with Crippen molar-refractivity contribution in [3.63, 3.8) is 0 Å². The predicted molar refractivity (Wildman–Crippen MR) is 105 cm³/mol. The quantitative estimate of drug-likeness (QED) is 0.361. The van der Waals surface area contributed by atoms with Gasteiger partial charge in [-0.25, -0.2) is 4.79 Å². The van der Waals surface area contributed by atoms with Gasteiger partial charge in [-0.3, -0.25) is 9.78 Å². The Morgan fingerprint density at radius 2 is 1.82 bits per heavy atom. The summed E-state index contributed by atoms with van der Waals surface area (Å²) in [6.07, 6.45) is 4.93. The summed E-state index contributed by atoms with van der Waals surface area (Å²) in [6, 6.07) is 13.1. The lowest BCUT2D eigenvalue weighted by Crippen LogP contribution is -2.08. The van der Waals surface area contributed by atoms with Gasteiger partial charge in [0.1, 0.15) is 11.5 Å². The van der Waals surface area contributed by atoms with Gasteiger partial charge in [0.05, 0.1) is 11.1 Å². The third-order valence-electron chi connectivity index (χ3n) is 4.24. The van der Waals surface area contributed by atoms with E-state index in [1.54, 1.807) is 73.9 Å². The summed E-state index contributed by atoms with van der Waals surface area (Å²) in [5, 5.41) is 0.533. The lowest BCUT2D eigenvalue weighted by Gasteiger charge is -2.08. The molecule has 0 saturated carbocycles.